The van der Waals surface area contributed by atoms with Crippen LogP contribution in [0.3, 0.4) is 0 Å². The number of hydrogen-bond donors (Lipinski definition) is 1. The van der Waals surface area contributed by atoms with E-state index in [-0.39, 0.29) is 5.41 Å². The van der Waals surface area contributed by atoms with Gasteiger partial charge in [-0.05, 0) is 54.7 Å². The van der Waals surface area contributed by atoms with Gasteiger partial charge in [-0.1, -0.05) is 50.9 Å². The fourth-order valence-electron chi connectivity index (χ4n) is 3.45. The molecule has 0 aliphatic heterocycles. The van der Waals surface area contributed by atoms with E-state index in [1.54, 1.807) is 4.80 Å². The summed E-state index contributed by atoms with van der Waals surface area (Å²) in [6.07, 6.45) is 2.38. The van der Waals surface area contributed by atoms with Gasteiger partial charge in [-0.25, -0.2) is 0 Å². The van der Waals surface area contributed by atoms with Gasteiger partial charge in [0, 0.05) is 11.4 Å². The first-order valence-corrected chi connectivity index (χ1v) is 9.40. The second-order valence-corrected chi connectivity index (χ2v) is 8.60. The fraction of sp³-hybridized carbons (Fsp3) is 0.429. The van der Waals surface area contributed by atoms with E-state index in [0.717, 1.165) is 35.1 Å². The van der Waals surface area contributed by atoms with Gasteiger partial charge in [-0.3, -0.25) is 0 Å². The third kappa shape index (κ3) is 4.43. The number of halogens is 1. The number of aliphatic hydroxyl groups is 1. The molecule has 0 spiro atoms. The molecule has 0 bridgehead atoms. The molecule has 1 unspecified atom stereocenters. The molecule has 2 aromatic carbocycles. The predicted molar refractivity (Wildman–Crippen MR) is 107 cm³/mol. The van der Waals surface area contributed by atoms with Gasteiger partial charge < -0.3 is 5.11 Å². The van der Waals surface area contributed by atoms with E-state index in [0.29, 0.717) is 11.4 Å². The first-order chi connectivity index (χ1) is 12.2. The van der Waals surface area contributed by atoms with E-state index >= 15 is 0 Å². The Balaban J connectivity index is 1.85. The van der Waals surface area contributed by atoms with Crippen LogP contribution in [-0.2, 0) is 6.42 Å². The van der Waals surface area contributed by atoms with Crippen LogP contribution in [0.4, 0.5) is 0 Å². The molecule has 0 aliphatic carbocycles. The van der Waals surface area contributed by atoms with Gasteiger partial charge in [-0.15, -0.1) is 10.2 Å². The summed E-state index contributed by atoms with van der Waals surface area (Å²) in [4.78, 5) is 1.62. The highest BCUT2D eigenvalue weighted by Crippen LogP contribution is 2.33. The molecule has 1 heterocycles. The minimum atomic E-state index is -0.756. The molecule has 0 fully saturated rings. The minimum absolute atomic E-state index is 0.113. The lowest BCUT2D eigenvalue weighted by molar-refractivity contribution is 0.0138. The van der Waals surface area contributed by atoms with Crippen molar-refractivity contribution < 1.29 is 5.11 Å². The second kappa shape index (κ2) is 7.01. The lowest BCUT2D eigenvalue weighted by Gasteiger charge is -2.33. The van der Waals surface area contributed by atoms with Gasteiger partial charge in [0.1, 0.15) is 11.0 Å². The number of fused-ring (bicyclic) bond motifs is 1. The minimum Gasteiger partial charge on any atom is -0.390 e. The molecular weight excluding hydrogens is 346 g/mol. The summed E-state index contributed by atoms with van der Waals surface area (Å²) in [5, 5.41) is 20.6. The molecular formula is C21H26ClN3O. The summed E-state index contributed by atoms with van der Waals surface area (Å²) in [6, 6.07) is 13.5. The van der Waals surface area contributed by atoms with Gasteiger partial charge in [0.15, 0.2) is 0 Å². The first-order valence-electron chi connectivity index (χ1n) is 9.02. The van der Waals surface area contributed by atoms with Crippen molar-refractivity contribution in [2.45, 2.75) is 52.6 Å². The second-order valence-electron chi connectivity index (χ2n) is 8.16. The quantitative estimate of drug-likeness (QED) is 0.648. The number of aromatic nitrogens is 3. The van der Waals surface area contributed by atoms with Crippen molar-refractivity contribution in [1.29, 1.82) is 0 Å². The SMILES string of the molecule is CCC(C)(C)CC(C)(O)Cc1cccc(-n2nc3ccc(Cl)cc3n2)c1. The van der Waals surface area contributed by atoms with E-state index in [1.807, 2.05) is 49.4 Å². The molecule has 1 N–H and O–H groups in total. The Morgan fingerprint density at radius 2 is 1.77 bits per heavy atom. The lowest BCUT2D eigenvalue weighted by atomic mass is 9.77. The number of benzene rings is 2. The van der Waals surface area contributed by atoms with Crippen molar-refractivity contribution in [2.75, 3.05) is 0 Å². The first kappa shape index (κ1) is 18.9. The van der Waals surface area contributed by atoms with Crippen LogP contribution >= 0.6 is 11.6 Å². The fourth-order valence-corrected chi connectivity index (χ4v) is 3.62. The molecule has 5 heteroatoms. The van der Waals surface area contributed by atoms with Crippen molar-refractivity contribution in [3.05, 3.63) is 53.1 Å². The summed E-state index contributed by atoms with van der Waals surface area (Å²) in [5.74, 6) is 0. The third-order valence-electron chi connectivity index (χ3n) is 4.89. The number of hydrogen-bond acceptors (Lipinski definition) is 3. The average molecular weight is 372 g/mol. The number of nitrogens with zero attached hydrogens (tertiary/aromatic N) is 3. The maximum Gasteiger partial charge on any atom is 0.115 e. The van der Waals surface area contributed by atoms with Crippen LogP contribution in [0, 0.1) is 5.41 Å². The Labute approximate surface area is 159 Å². The van der Waals surface area contributed by atoms with E-state index in [2.05, 4.69) is 31.0 Å². The van der Waals surface area contributed by atoms with Crippen LogP contribution in [0.5, 0.6) is 0 Å². The molecule has 3 rings (SSSR count). The van der Waals surface area contributed by atoms with E-state index in [4.69, 9.17) is 11.6 Å². The van der Waals surface area contributed by atoms with E-state index in [1.165, 1.54) is 0 Å². The van der Waals surface area contributed by atoms with Crippen LogP contribution in [0.25, 0.3) is 16.7 Å². The van der Waals surface area contributed by atoms with Gasteiger partial charge in [0.2, 0.25) is 0 Å². The van der Waals surface area contributed by atoms with Crippen molar-refractivity contribution in [3.8, 4) is 5.69 Å². The summed E-state index contributed by atoms with van der Waals surface area (Å²) < 4.78 is 0. The average Bonchev–Trinajstić information content (AvgIpc) is 2.96. The highest BCUT2D eigenvalue weighted by molar-refractivity contribution is 6.31. The van der Waals surface area contributed by atoms with Crippen LogP contribution in [0.2, 0.25) is 5.02 Å². The Kier molecular flexibility index (Phi) is 5.09. The third-order valence-corrected chi connectivity index (χ3v) is 5.12. The standard InChI is InChI=1S/C21H26ClN3O/c1-5-20(2,3)14-21(4,26)13-15-7-6-8-17(11-15)25-23-18-10-9-16(22)12-19(18)24-25/h6-12,26H,5,13-14H2,1-4H3. The monoisotopic (exact) mass is 371 g/mol. The van der Waals surface area contributed by atoms with Crippen LogP contribution in [0.1, 0.15) is 46.1 Å². The van der Waals surface area contributed by atoms with Crippen molar-refractivity contribution in [1.82, 2.24) is 15.0 Å². The summed E-state index contributed by atoms with van der Waals surface area (Å²) in [5.41, 5.74) is 2.87. The summed E-state index contributed by atoms with van der Waals surface area (Å²) in [7, 11) is 0. The molecule has 0 aliphatic rings. The van der Waals surface area contributed by atoms with Crippen LogP contribution in [-0.4, -0.2) is 25.7 Å². The highest BCUT2D eigenvalue weighted by Gasteiger charge is 2.29. The van der Waals surface area contributed by atoms with Crippen molar-refractivity contribution in [2.24, 2.45) is 5.41 Å². The number of rotatable bonds is 6. The highest BCUT2D eigenvalue weighted by atomic mass is 35.5. The molecule has 4 nitrogen and oxygen atoms in total. The lowest BCUT2D eigenvalue weighted by Crippen LogP contribution is -2.33. The summed E-state index contributed by atoms with van der Waals surface area (Å²) >= 11 is 6.03. The Morgan fingerprint density at radius 1 is 1.04 bits per heavy atom. The van der Waals surface area contributed by atoms with Crippen molar-refractivity contribution in [3.63, 3.8) is 0 Å². The maximum absolute atomic E-state index is 10.9. The zero-order valence-electron chi connectivity index (χ0n) is 15.8. The molecule has 0 saturated carbocycles. The predicted octanol–water partition coefficient (Wildman–Crippen LogP) is 5.19. The summed E-state index contributed by atoms with van der Waals surface area (Å²) in [6.45, 7) is 8.47. The molecule has 138 valence electrons. The zero-order valence-corrected chi connectivity index (χ0v) is 16.6. The van der Waals surface area contributed by atoms with Crippen LogP contribution in [0.15, 0.2) is 42.5 Å². The topological polar surface area (TPSA) is 50.9 Å². The molecule has 3 aromatic rings. The normalized spacial score (nSPS) is 14.5. The van der Waals surface area contributed by atoms with E-state index < -0.39 is 5.60 Å². The molecule has 26 heavy (non-hydrogen) atoms. The maximum atomic E-state index is 10.9. The van der Waals surface area contributed by atoms with Gasteiger partial charge in [0.05, 0.1) is 11.3 Å². The molecule has 1 atom stereocenters. The van der Waals surface area contributed by atoms with Gasteiger partial charge in [0.25, 0.3) is 0 Å². The molecule has 0 amide bonds. The molecule has 1 aromatic heterocycles. The van der Waals surface area contributed by atoms with Crippen molar-refractivity contribution >= 4 is 22.6 Å². The molecule has 0 radical (unpaired) electrons. The largest absolute Gasteiger partial charge is 0.390 e. The molecule has 0 saturated heterocycles. The Morgan fingerprint density at radius 3 is 2.50 bits per heavy atom. The van der Waals surface area contributed by atoms with Gasteiger partial charge in [-0.2, -0.15) is 4.80 Å². The Bertz CT molecular complexity index is 915. The Hall–Kier alpha value is -1.91. The van der Waals surface area contributed by atoms with Gasteiger partial charge >= 0.3 is 0 Å². The van der Waals surface area contributed by atoms with E-state index in [9.17, 15) is 5.11 Å². The zero-order chi connectivity index (χ0) is 18.9. The van der Waals surface area contributed by atoms with Crippen LogP contribution < -0.4 is 0 Å². The smallest absolute Gasteiger partial charge is 0.115 e.